The lowest BCUT2D eigenvalue weighted by Gasteiger charge is -2.24. The SMILES string of the molecule is COc1cc(C)cc(C)c1CNCC1CNCCO1. The Bertz CT molecular complexity index is 415. The fourth-order valence-corrected chi connectivity index (χ4v) is 2.48. The number of hydrogen-bond donors (Lipinski definition) is 2. The van der Waals surface area contributed by atoms with Crippen molar-refractivity contribution in [2.24, 2.45) is 0 Å². The third-order valence-corrected chi connectivity index (χ3v) is 3.47. The van der Waals surface area contributed by atoms with E-state index in [1.165, 1.54) is 16.7 Å². The van der Waals surface area contributed by atoms with Crippen LogP contribution in [0.5, 0.6) is 5.75 Å². The number of ether oxygens (including phenoxy) is 2. The van der Waals surface area contributed by atoms with Crippen molar-refractivity contribution in [3.8, 4) is 5.75 Å². The molecule has 0 radical (unpaired) electrons. The Labute approximate surface area is 115 Å². The van der Waals surface area contributed by atoms with Crippen molar-refractivity contribution >= 4 is 0 Å². The first-order chi connectivity index (χ1) is 9.20. The molecule has 1 aliphatic rings. The van der Waals surface area contributed by atoms with Crippen LogP contribution in [0.3, 0.4) is 0 Å². The molecule has 2 rings (SSSR count). The molecule has 4 nitrogen and oxygen atoms in total. The standard InChI is InChI=1S/C15H24N2O2/c1-11-6-12(2)14(15(7-11)18-3)10-17-9-13-8-16-4-5-19-13/h6-7,13,16-17H,4-5,8-10H2,1-3H3. The molecule has 0 amide bonds. The van der Waals surface area contributed by atoms with E-state index in [1.54, 1.807) is 7.11 Å². The number of morpholine rings is 1. The van der Waals surface area contributed by atoms with Crippen LogP contribution in [-0.4, -0.2) is 39.5 Å². The van der Waals surface area contributed by atoms with Gasteiger partial charge in [-0.2, -0.15) is 0 Å². The van der Waals surface area contributed by atoms with Gasteiger partial charge in [-0.15, -0.1) is 0 Å². The number of rotatable bonds is 5. The predicted molar refractivity (Wildman–Crippen MR) is 76.8 cm³/mol. The number of aryl methyl sites for hydroxylation is 2. The van der Waals surface area contributed by atoms with Crippen LogP contribution in [0.25, 0.3) is 0 Å². The molecule has 1 fully saturated rings. The number of methoxy groups -OCH3 is 1. The number of hydrogen-bond acceptors (Lipinski definition) is 4. The molecule has 1 aromatic carbocycles. The lowest BCUT2D eigenvalue weighted by atomic mass is 10.0. The van der Waals surface area contributed by atoms with Gasteiger partial charge in [0.1, 0.15) is 5.75 Å². The minimum atomic E-state index is 0.269. The maximum Gasteiger partial charge on any atom is 0.123 e. The molecule has 0 saturated carbocycles. The van der Waals surface area contributed by atoms with Gasteiger partial charge in [0, 0.05) is 31.7 Å². The summed E-state index contributed by atoms with van der Waals surface area (Å²) in [5.74, 6) is 0.965. The normalized spacial score (nSPS) is 19.4. The van der Waals surface area contributed by atoms with E-state index >= 15 is 0 Å². The highest BCUT2D eigenvalue weighted by atomic mass is 16.5. The Morgan fingerprint density at radius 3 is 2.95 bits per heavy atom. The maximum atomic E-state index is 5.67. The van der Waals surface area contributed by atoms with E-state index in [0.717, 1.165) is 38.5 Å². The maximum absolute atomic E-state index is 5.67. The highest BCUT2D eigenvalue weighted by Gasteiger charge is 2.13. The highest BCUT2D eigenvalue weighted by molar-refractivity contribution is 5.42. The first kappa shape index (κ1) is 14.3. The van der Waals surface area contributed by atoms with E-state index in [-0.39, 0.29) is 6.10 Å². The first-order valence-electron chi connectivity index (χ1n) is 6.88. The molecule has 0 aromatic heterocycles. The Kier molecular flexibility index (Phi) is 5.19. The summed E-state index contributed by atoms with van der Waals surface area (Å²) >= 11 is 0. The van der Waals surface area contributed by atoms with Gasteiger partial charge in [-0.05, 0) is 31.0 Å². The minimum absolute atomic E-state index is 0.269. The molecule has 1 aromatic rings. The molecule has 4 heteroatoms. The van der Waals surface area contributed by atoms with Crippen molar-refractivity contribution in [3.63, 3.8) is 0 Å². The van der Waals surface area contributed by atoms with Crippen molar-refractivity contribution in [2.45, 2.75) is 26.5 Å². The second-order valence-corrected chi connectivity index (χ2v) is 5.09. The average molecular weight is 264 g/mol. The summed E-state index contributed by atoms with van der Waals surface area (Å²) < 4.78 is 11.1. The summed E-state index contributed by atoms with van der Waals surface area (Å²) in [4.78, 5) is 0. The molecule has 19 heavy (non-hydrogen) atoms. The van der Waals surface area contributed by atoms with E-state index in [9.17, 15) is 0 Å². The van der Waals surface area contributed by atoms with Crippen LogP contribution in [0.4, 0.5) is 0 Å². The second kappa shape index (κ2) is 6.89. The molecular weight excluding hydrogens is 240 g/mol. The molecule has 0 bridgehead atoms. The van der Waals surface area contributed by atoms with Crippen LogP contribution >= 0.6 is 0 Å². The summed E-state index contributed by atoms with van der Waals surface area (Å²) in [6.45, 7) is 8.59. The second-order valence-electron chi connectivity index (χ2n) is 5.09. The molecule has 1 saturated heterocycles. The fourth-order valence-electron chi connectivity index (χ4n) is 2.48. The summed E-state index contributed by atoms with van der Waals surface area (Å²) in [5.41, 5.74) is 3.74. The van der Waals surface area contributed by atoms with Crippen molar-refractivity contribution < 1.29 is 9.47 Å². The van der Waals surface area contributed by atoms with Gasteiger partial charge in [0.25, 0.3) is 0 Å². The fraction of sp³-hybridized carbons (Fsp3) is 0.600. The van der Waals surface area contributed by atoms with Gasteiger partial charge in [0.2, 0.25) is 0 Å². The van der Waals surface area contributed by atoms with Crippen LogP contribution < -0.4 is 15.4 Å². The van der Waals surface area contributed by atoms with E-state index in [2.05, 4.69) is 36.6 Å². The Balaban J connectivity index is 1.91. The summed E-state index contributed by atoms with van der Waals surface area (Å²) in [7, 11) is 1.73. The van der Waals surface area contributed by atoms with Gasteiger partial charge in [-0.3, -0.25) is 0 Å². The first-order valence-corrected chi connectivity index (χ1v) is 6.88. The molecule has 1 heterocycles. The predicted octanol–water partition coefficient (Wildman–Crippen LogP) is 1.39. The smallest absolute Gasteiger partial charge is 0.123 e. The van der Waals surface area contributed by atoms with Crippen LogP contribution in [0, 0.1) is 13.8 Å². The van der Waals surface area contributed by atoms with E-state index in [0.29, 0.717) is 0 Å². The van der Waals surface area contributed by atoms with Crippen molar-refractivity contribution in [1.29, 1.82) is 0 Å². The quantitative estimate of drug-likeness (QED) is 0.843. The van der Waals surface area contributed by atoms with Gasteiger partial charge in [-0.25, -0.2) is 0 Å². The zero-order valence-electron chi connectivity index (χ0n) is 12.1. The number of benzene rings is 1. The zero-order chi connectivity index (χ0) is 13.7. The largest absolute Gasteiger partial charge is 0.496 e. The molecule has 1 aliphatic heterocycles. The topological polar surface area (TPSA) is 42.5 Å². The van der Waals surface area contributed by atoms with E-state index < -0.39 is 0 Å². The highest BCUT2D eigenvalue weighted by Crippen LogP contribution is 2.23. The van der Waals surface area contributed by atoms with E-state index in [1.807, 2.05) is 0 Å². The van der Waals surface area contributed by atoms with Gasteiger partial charge >= 0.3 is 0 Å². The van der Waals surface area contributed by atoms with Crippen LogP contribution in [0.15, 0.2) is 12.1 Å². The zero-order valence-corrected chi connectivity index (χ0v) is 12.1. The van der Waals surface area contributed by atoms with Gasteiger partial charge < -0.3 is 20.1 Å². The molecule has 106 valence electrons. The van der Waals surface area contributed by atoms with Gasteiger partial charge in [0.05, 0.1) is 19.8 Å². The Hall–Kier alpha value is -1.10. The van der Waals surface area contributed by atoms with Gasteiger partial charge in [0.15, 0.2) is 0 Å². The Morgan fingerprint density at radius 2 is 2.26 bits per heavy atom. The van der Waals surface area contributed by atoms with Crippen LogP contribution in [0.1, 0.15) is 16.7 Å². The molecular formula is C15H24N2O2. The molecule has 2 N–H and O–H groups in total. The van der Waals surface area contributed by atoms with Crippen molar-refractivity contribution in [3.05, 3.63) is 28.8 Å². The van der Waals surface area contributed by atoms with Crippen LogP contribution in [0.2, 0.25) is 0 Å². The average Bonchev–Trinajstić information content (AvgIpc) is 2.42. The summed E-state index contributed by atoms with van der Waals surface area (Å²) in [5, 5.41) is 6.80. The third kappa shape index (κ3) is 3.93. The molecule has 1 unspecified atom stereocenters. The molecule has 0 aliphatic carbocycles. The third-order valence-electron chi connectivity index (χ3n) is 3.47. The monoisotopic (exact) mass is 264 g/mol. The summed E-state index contributed by atoms with van der Waals surface area (Å²) in [6, 6.07) is 4.28. The molecule has 0 spiro atoms. The summed E-state index contributed by atoms with van der Waals surface area (Å²) in [6.07, 6.45) is 0.269. The van der Waals surface area contributed by atoms with E-state index in [4.69, 9.17) is 9.47 Å². The van der Waals surface area contributed by atoms with Crippen LogP contribution in [-0.2, 0) is 11.3 Å². The van der Waals surface area contributed by atoms with Crippen molar-refractivity contribution in [2.75, 3.05) is 33.4 Å². The van der Waals surface area contributed by atoms with Gasteiger partial charge in [-0.1, -0.05) is 6.07 Å². The Morgan fingerprint density at radius 1 is 1.42 bits per heavy atom. The lowest BCUT2D eigenvalue weighted by Crippen LogP contribution is -2.43. The van der Waals surface area contributed by atoms with Crippen molar-refractivity contribution in [1.82, 2.24) is 10.6 Å². The molecule has 1 atom stereocenters. The lowest BCUT2D eigenvalue weighted by molar-refractivity contribution is 0.0290. The minimum Gasteiger partial charge on any atom is -0.496 e. The number of nitrogens with one attached hydrogen (secondary N) is 2.